The molecule has 0 saturated carbocycles. The van der Waals surface area contributed by atoms with Crippen molar-refractivity contribution in [1.82, 2.24) is 0 Å². The highest BCUT2D eigenvalue weighted by atomic mass is 127. The second-order valence-corrected chi connectivity index (χ2v) is 7.32. The van der Waals surface area contributed by atoms with Gasteiger partial charge in [0.05, 0.1) is 11.4 Å². The average molecular weight is 398 g/mol. The summed E-state index contributed by atoms with van der Waals surface area (Å²) in [4.78, 5) is 13.3. The number of amides is 1. The lowest BCUT2D eigenvalue weighted by Crippen LogP contribution is -2.28. The van der Waals surface area contributed by atoms with Gasteiger partial charge in [-0.2, -0.15) is 0 Å². The summed E-state index contributed by atoms with van der Waals surface area (Å²) in [6.07, 6.45) is 0.114. The molecule has 19 heavy (non-hydrogen) atoms. The number of carbonyl (C=O) groups is 1. The predicted octanol–water partition coefficient (Wildman–Crippen LogP) is 1.07. The Balaban J connectivity index is 2.23. The van der Waals surface area contributed by atoms with E-state index in [2.05, 4.69) is 0 Å². The standard InChI is InChI=1S/C11H12FIN2O3S/c12-8-1-2-9(13)10(4-8)15-5-7(3-11(15)16)6-19(14,17)18/h1-2,4,7H,3,5-6H2,(H2,14,17,18). The molecule has 0 radical (unpaired) electrons. The van der Waals surface area contributed by atoms with Gasteiger partial charge in [0.25, 0.3) is 0 Å². The number of primary sulfonamides is 1. The van der Waals surface area contributed by atoms with Crippen molar-refractivity contribution >= 4 is 44.2 Å². The van der Waals surface area contributed by atoms with E-state index >= 15 is 0 Å². The smallest absolute Gasteiger partial charge is 0.227 e. The molecule has 2 N–H and O–H groups in total. The normalized spacial score (nSPS) is 20.1. The van der Waals surface area contributed by atoms with E-state index in [0.717, 1.165) is 3.57 Å². The fourth-order valence-corrected chi connectivity index (χ4v) is 3.65. The van der Waals surface area contributed by atoms with Crippen molar-refractivity contribution in [2.75, 3.05) is 17.2 Å². The second-order valence-electron chi connectivity index (χ2n) is 4.50. The van der Waals surface area contributed by atoms with Gasteiger partial charge in [0, 0.05) is 22.5 Å². The van der Waals surface area contributed by atoms with Gasteiger partial charge in [0.15, 0.2) is 0 Å². The first-order valence-electron chi connectivity index (χ1n) is 5.52. The molecular weight excluding hydrogens is 386 g/mol. The van der Waals surface area contributed by atoms with E-state index in [-0.39, 0.29) is 30.5 Å². The highest BCUT2D eigenvalue weighted by molar-refractivity contribution is 14.1. The second kappa shape index (κ2) is 5.33. The minimum absolute atomic E-state index is 0.114. The van der Waals surface area contributed by atoms with Crippen molar-refractivity contribution in [1.29, 1.82) is 0 Å². The van der Waals surface area contributed by atoms with Gasteiger partial charge in [-0.3, -0.25) is 4.79 Å². The Morgan fingerprint density at radius 1 is 1.47 bits per heavy atom. The van der Waals surface area contributed by atoms with Gasteiger partial charge >= 0.3 is 0 Å². The average Bonchev–Trinajstić information content (AvgIpc) is 2.60. The van der Waals surface area contributed by atoms with Crippen molar-refractivity contribution in [3.8, 4) is 0 Å². The Morgan fingerprint density at radius 2 is 2.16 bits per heavy atom. The zero-order valence-electron chi connectivity index (χ0n) is 9.84. The molecule has 2 rings (SSSR count). The predicted molar refractivity (Wildman–Crippen MR) is 77.6 cm³/mol. The summed E-state index contributed by atoms with van der Waals surface area (Å²) in [6.45, 7) is 0.245. The quantitative estimate of drug-likeness (QED) is 0.774. The Kier molecular flexibility index (Phi) is 4.11. The number of nitrogens with two attached hydrogens (primary N) is 1. The molecule has 1 aromatic rings. The van der Waals surface area contributed by atoms with Crippen molar-refractivity contribution in [2.45, 2.75) is 6.42 Å². The van der Waals surface area contributed by atoms with Crippen molar-refractivity contribution in [3.63, 3.8) is 0 Å². The zero-order valence-corrected chi connectivity index (χ0v) is 12.8. The molecule has 8 heteroatoms. The van der Waals surface area contributed by atoms with E-state index in [1.54, 1.807) is 6.07 Å². The fraction of sp³-hybridized carbons (Fsp3) is 0.364. The van der Waals surface area contributed by atoms with Gasteiger partial charge in [0.2, 0.25) is 15.9 Å². The number of carbonyl (C=O) groups excluding carboxylic acids is 1. The van der Waals surface area contributed by atoms with E-state index in [0.29, 0.717) is 5.69 Å². The number of benzene rings is 1. The molecule has 0 spiro atoms. The first-order chi connectivity index (χ1) is 8.76. The van der Waals surface area contributed by atoms with Gasteiger partial charge in [-0.05, 0) is 40.8 Å². The van der Waals surface area contributed by atoms with Crippen LogP contribution in [0.1, 0.15) is 6.42 Å². The lowest BCUT2D eigenvalue weighted by atomic mass is 10.1. The SMILES string of the molecule is NS(=O)(=O)CC1CC(=O)N(c2cc(F)ccc2I)C1. The van der Waals surface area contributed by atoms with Crippen LogP contribution in [0.4, 0.5) is 10.1 Å². The highest BCUT2D eigenvalue weighted by Crippen LogP contribution is 2.30. The van der Waals surface area contributed by atoms with Crippen molar-refractivity contribution < 1.29 is 17.6 Å². The third-order valence-corrected chi connectivity index (χ3v) is 4.72. The molecule has 104 valence electrons. The molecule has 1 saturated heterocycles. The van der Waals surface area contributed by atoms with E-state index in [1.165, 1.54) is 17.0 Å². The maximum Gasteiger partial charge on any atom is 0.227 e. The number of anilines is 1. The molecule has 5 nitrogen and oxygen atoms in total. The Labute approximate surface area is 124 Å². The van der Waals surface area contributed by atoms with Crippen LogP contribution < -0.4 is 10.0 Å². The Morgan fingerprint density at radius 3 is 2.79 bits per heavy atom. The van der Waals surface area contributed by atoms with E-state index < -0.39 is 15.8 Å². The van der Waals surface area contributed by atoms with Crippen LogP contribution in [0.2, 0.25) is 0 Å². The molecule has 1 fully saturated rings. The minimum atomic E-state index is -3.61. The monoisotopic (exact) mass is 398 g/mol. The summed E-state index contributed by atoms with van der Waals surface area (Å²) < 4.78 is 36.1. The molecule has 1 aliphatic heterocycles. The number of halogens is 2. The van der Waals surface area contributed by atoms with Crippen LogP contribution in [0.25, 0.3) is 0 Å². The van der Waals surface area contributed by atoms with E-state index in [1.807, 2.05) is 22.6 Å². The highest BCUT2D eigenvalue weighted by Gasteiger charge is 2.33. The molecule has 0 aliphatic carbocycles. The summed E-state index contributed by atoms with van der Waals surface area (Å²) in [7, 11) is -3.61. The lowest BCUT2D eigenvalue weighted by Gasteiger charge is -2.18. The van der Waals surface area contributed by atoms with Crippen LogP contribution in [0, 0.1) is 15.3 Å². The van der Waals surface area contributed by atoms with E-state index in [9.17, 15) is 17.6 Å². The summed E-state index contributed by atoms with van der Waals surface area (Å²) in [5, 5.41) is 4.98. The molecule has 1 aliphatic rings. The lowest BCUT2D eigenvalue weighted by molar-refractivity contribution is -0.117. The maximum atomic E-state index is 13.2. The molecule has 0 aromatic heterocycles. The van der Waals surface area contributed by atoms with Gasteiger partial charge in [-0.25, -0.2) is 17.9 Å². The summed E-state index contributed by atoms with van der Waals surface area (Å²) in [5.74, 6) is -1.22. The maximum absolute atomic E-state index is 13.2. The first kappa shape index (κ1) is 14.7. The van der Waals surface area contributed by atoms with Crippen LogP contribution >= 0.6 is 22.6 Å². The van der Waals surface area contributed by atoms with Crippen LogP contribution in [0.5, 0.6) is 0 Å². The third kappa shape index (κ3) is 3.63. The molecule has 1 atom stereocenters. The summed E-state index contributed by atoms with van der Waals surface area (Å²) in [6, 6.07) is 4.16. The van der Waals surface area contributed by atoms with E-state index in [4.69, 9.17) is 5.14 Å². The van der Waals surface area contributed by atoms with Gasteiger partial charge < -0.3 is 4.90 Å². The molecule has 0 bridgehead atoms. The molecule has 1 amide bonds. The number of hydrogen-bond donors (Lipinski definition) is 1. The van der Waals surface area contributed by atoms with Crippen LogP contribution in [-0.2, 0) is 14.8 Å². The number of hydrogen-bond acceptors (Lipinski definition) is 3. The van der Waals surface area contributed by atoms with Gasteiger partial charge in [0.1, 0.15) is 5.82 Å². The molecular formula is C11H12FIN2O3S. The molecule has 1 unspecified atom stereocenters. The van der Waals surface area contributed by atoms with Crippen molar-refractivity contribution in [2.24, 2.45) is 11.1 Å². The zero-order chi connectivity index (χ0) is 14.2. The number of sulfonamides is 1. The van der Waals surface area contributed by atoms with Crippen LogP contribution in [-0.4, -0.2) is 26.6 Å². The van der Waals surface area contributed by atoms with Crippen molar-refractivity contribution in [3.05, 3.63) is 27.6 Å². The van der Waals surface area contributed by atoms with Gasteiger partial charge in [-0.15, -0.1) is 0 Å². The van der Waals surface area contributed by atoms with Crippen LogP contribution in [0.15, 0.2) is 18.2 Å². The third-order valence-electron chi connectivity index (χ3n) is 2.87. The Hall–Kier alpha value is -0.740. The molecule has 1 heterocycles. The van der Waals surface area contributed by atoms with Gasteiger partial charge in [-0.1, -0.05) is 0 Å². The topological polar surface area (TPSA) is 80.5 Å². The number of rotatable bonds is 3. The minimum Gasteiger partial charge on any atom is -0.311 e. The summed E-state index contributed by atoms with van der Waals surface area (Å²) >= 11 is 2.01. The Bertz CT molecular complexity index is 620. The summed E-state index contributed by atoms with van der Waals surface area (Å²) in [5.41, 5.74) is 0.475. The fourth-order valence-electron chi connectivity index (χ4n) is 2.15. The number of nitrogens with zero attached hydrogens (tertiary/aromatic N) is 1. The largest absolute Gasteiger partial charge is 0.311 e. The van der Waals surface area contributed by atoms with Crippen LogP contribution in [0.3, 0.4) is 0 Å². The first-order valence-corrected chi connectivity index (χ1v) is 8.31. The molecule has 1 aromatic carbocycles.